The molecule has 1 aliphatic rings. The van der Waals surface area contributed by atoms with E-state index in [9.17, 15) is 0 Å². The summed E-state index contributed by atoms with van der Waals surface area (Å²) in [7, 11) is 0. The molecular weight excluding hydrogens is 202 g/mol. The molecule has 1 aromatic heterocycles. The Morgan fingerprint density at radius 2 is 2.25 bits per heavy atom. The van der Waals surface area contributed by atoms with Crippen LogP contribution < -0.4 is 16.2 Å². The summed E-state index contributed by atoms with van der Waals surface area (Å²) in [5.41, 5.74) is 2.91. The number of rotatable bonds is 2. The van der Waals surface area contributed by atoms with Crippen LogP contribution in [0.2, 0.25) is 0 Å². The van der Waals surface area contributed by atoms with E-state index < -0.39 is 0 Å². The van der Waals surface area contributed by atoms with Crippen molar-refractivity contribution in [2.45, 2.75) is 26.7 Å². The lowest BCUT2D eigenvalue weighted by molar-refractivity contribution is 0.292. The molecule has 0 amide bonds. The summed E-state index contributed by atoms with van der Waals surface area (Å²) >= 11 is 0. The van der Waals surface area contributed by atoms with Gasteiger partial charge in [-0.25, -0.2) is 15.8 Å². The van der Waals surface area contributed by atoms with Crippen molar-refractivity contribution in [3.63, 3.8) is 0 Å². The quantitative estimate of drug-likeness (QED) is 0.583. The highest BCUT2D eigenvalue weighted by Gasteiger charge is 2.27. The third kappa shape index (κ3) is 2.41. The number of aromatic nitrogens is 2. The van der Waals surface area contributed by atoms with Crippen LogP contribution in [-0.2, 0) is 0 Å². The fourth-order valence-corrected chi connectivity index (χ4v) is 2.22. The van der Waals surface area contributed by atoms with Crippen LogP contribution in [0.15, 0.2) is 12.4 Å². The average molecular weight is 221 g/mol. The molecule has 0 bridgehead atoms. The largest absolute Gasteiger partial charge is 0.356 e. The fraction of sp³-hybridized carbons (Fsp3) is 0.636. The van der Waals surface area contributed by atoms with Gasteiger partial charge in [0.1, 0.15) is 18.0 Å². The van der Waals surface area contributed by atoms with Gasteiger partial charge in [0.2, 0.25) is 0 Å². The van der Waals surface area contributed by atoms with E-state index in [2.05, 4.69) is 34.1 Å². The number of piperidine rings is 1. The molecule has 0 aromatic carbocycles. The van der Waals surface area contributed by atoms with E-state index in [1.54, 1.807) is 6.33 Å². The topological polar surface area (TPSA) is 67.1 Å². The maximum atomic E-state index is 5.34. The summed E-state index contributed by atoms with van der Waals surface area (Å²) in [4.78, 5) is 10.6. The van der Waals surface area contributed by atoms with Crippen LogP contribution in [0.1, 0.15) is 26.7 Å². The van der Waals surface area contributed by atoms with Gasteiger partial charge < -0.3 is 10.3 Å². The van der Waals surface area contributed by atoms with Crippen molar-refractivity contribution in [1.29, 1.82) is 0 Å². The molecule has 3 N–H and O–H groups in total. The smallest absolute Gasteiger partial charge is 0.145 e. The Morgan fingerprint density at radius 1 is 1.44 bits per heavy atom. The molecule has 0 saturated carbocycles. The molecule has 1 saturated heterocycles. The number of anilines is 2. The van der Waals surface area contributed by atoms with E-state index >= 15 is 0 Å². The Kier molecular flexibility index (Phi) is 2.96. The molecule has 5 nitrogen and oxygen atoms in total. The van der Waals surface area contributed by atoms with Gasteiger partial charge in [0, 0.05) is 19.2 Å². The van der Waals surface area contributed by atoms with E-state index in [-0.39, 0.29) is 0 Å². The Labute approximate surface area is 96.0 Å². The molecule has 1 aromatic rings. The van der Waals surface area contributed by atoms with Gasteiger partial charge in [-0.2, -0.15) is 0 Å². The van der Waals surface area contributed by atoms with Crippen LogP contribution in [0.4, 0.5) is 11.6 Å². The Hall–Kier alpha value is -1.36. The third-order valence-electron chi connectivity index (χ3n) is 3.02. The van der Waals surface area contributed by atoms with Crippen LogP contribution in [0.5, 0.6) is 0 Å². The van der Waals surface area contributed by atoms with Crippen molar-refractivity contribution in [3.05, 3.63) is 12.4 Å². The number of nitrogen functional groups attached to an aromatic ring is 1. The first-order valence-corrected chi connectivity index (χ1v) is 5.64. The van der Waals surface area contributed by atoms with Gasteiger partial charge in [-0.05, 0) is 18.3 Å². The highest BCUT2D eigenvalue weighted by Crippen LogP contribution is 2.30. The summed E-state index contributed by atoms with van der Waals surface area (Å²) in [6.07, 6.45) is 4.03. The van der Waals surface area contributed by atoms with Gasteiger partial charge in [-0.3, -0.25) is 0 Å². The third-order valence-corrected chi connectivity index (χ3v) is 3.02. The summed E-state index contributed by atoms with van der Waals surface area (Å²) < 4.78 is 0. The van der Waals surface area contributed by atoms with Gasteiger partial charge in [0.05, 0.1) is 0 Å². The predicted octanol–water partition coefficient (Wildman–Crippen LogP) is 1.39. The molecule has 0 aliphatic carbocycles. The first kappa shape index (κ1) is 11.1. The van der Waals surface area contributed by atoms with E-state index in [1.165, 1.54) is 12.8 Å². The summed E-state index contributed by atoms with van der Waals surface area (Å²) in [5.74, 6) is 6.96. The second kappa shape index (κ2) is 4.25. The lowest BCUT2D eigenvalue weighted by Gasteiger charge is -2.38. The molecule has 16 heavy (non-hydrogen) atoms. The van der Waals surface area contributed by atoms with Crippen molar-refractivity contribution < 1.29 is 0 Å². The lowest BCUT2D eigenvalue weighted by Crippen LogP contribution is -2.40. The van der Waals surface area contributed by atoms with E-state index in [4.69, 9.17) is 5.84 Å². The maximum absolute atomic E-state index is 5.34. The van der Waals surface area contributed by atoms with Crippen LogP contribution in [0.25, 0.3) is 0 Å². The first-order valence-electron chi connectivity index (χ1n) is 5.64. The predicted molar refractivity (Wildman–Crippen MR) is 65.1 cm³/mol. The molecule has 0 atom stereocenters. The number of nitrogens with two attached hydrogens (primary N) is 1. The first-order chi connectivity index (χ1) is 7.61. The molecule has 2 rings (SSSR count). The van der Waals surface area contributed by atoms with Crippen LogP contribution >= 0.6 is 0 Å². The van der Waals surface area contributed by atoms with E-state index in [0.717, 1.165) is 18.9 Å². The Morgan fingerprint density at radius 3 is 2.94 bits per heavy atom. The second-order valence-corrected chi connectivity index (χ2v) is 5.10. The number of hydrazine groups is 1. The van der Waals surface area contributed by atoms with Crippen molar-refractivity contribution in [2.75, 3.05) is 23.4 Å². The molecule has 0 spiro atoms. The monoisotopic (exact) mass is 221 g/mol. The minimum atomic E-state index is 0.361. The normalized spacial score (nSPS) is 19.6. The van der Waals surface area contributed by atoms with Crippen LogP contribution in [0, 0.1) is 5.41 Å². The zero-order valence-electron chi connectivity index (χ0n) is 9.90. The average Bonchev–Trinajstić information content (AvgIpc) is 2.28. The number of nitrogens with zero attached hydrogens (tertiary/aromatic N) is 3. The summed E-state index contributed by atoms with van der Waals surface area (Å²) in [5, 5.41) is 0. The molecule has 2 heterocycles. The highest BCUT2D eigenvalue weighted by atomic mass is 15.3. The van der Waals surface area contributed by atoms with Gasteiger partial charge >= 0.3 is 0 Å². The number of hydrogen-bond acceptors (Lipinski definition) is 5. The van der Waals surface area contributed by atoms with Gasteiger partial charge in [0.15, 0.2) is 0 Å². The van der Waals surface area contributed by atoms with Crippen molar-refractivity contribution >= 4 is 11.6 Å². The maximum Gasteiger partial charge on any atom is 0.145 e. The zero-order valence-corrected chi connectivity index (χ0v) is 9.90. The van der Waals surface area contributed by atoms with Crippen molar-refractivity contribution in [3.8, 4) is 0 Å². The minimum absolute atomic E-state index is 0.361. The molecule has 88 valence electrons. The van der Waals surface area contributed by atoms with Crippen LogP contribution in [0.3, 0.4) is 0 Å². The molecule has 1 fully saturated rings. The number of hydrogen-bond donors (Lipinski definition) is 2. The Bertz CT molecular complexity index is 363. The minimum Gasteiger partial charge on any atom is -0.356 e. The standard InChI is InChI=1S/C11H19N5/c1-11(2)4-3-5-16(7-11)10-6-9(15-12)13-8-14-10/h6,8H,3-5,7,12H2,1-2H3,(H,13,14,15). The molecule has 5 heteroatoms. The lowest BCUT2D eigenvalue weighted by atomic mass is 9.84. The van der Waals surface area contributed by atoms with Gasteiger partial charge in [-0.1, -0.05) is 13.8 Å². The highest BCUT2D eigenvalue weighted by molar-refractivity contribution is 5.48. The zero-order chi connectivity index (χ0) is 11.6. The van der Waals surface area contributed by atoms with Gasteiger partial charge in [-0.15, -0.1) is 0 Å². The molecule has 0 unspecified atom stereocenters. The molecular formula is C11H19N5. The SMILES string of the molecule is CC1(C)CCCN(c2cc(NN)ncn2)C1. The second-order valence-electron chi connectivity index (χ2n) is 5.10. The fourth-order valence-electron chi connectivity index (χ4n) is 2.22. The van der Waals surface area contributed by atoms with Crippen molar-refractivity contribution in [1.82, 2.24) is 9.97 Å². The van der Waals surface area contributed by atoms with Crippen molar-refractivity contribution in [2.24, 2.45) is 11.3 Å². The van der Waals surface area contributed by atoms with E-state index in [1.807, 2.05) is 6.07 Å². The van der Waals surface area contributed by atoms with Gasteiger partial charge in [0.25, 0.3) is 0 Å². The Balaban J connectivity index is 2.16. The molecule has 1 aliphatic heterocycles. The number of nitrogens with one attached hydrogen (secondary N) is 1. The summed E-state index contributed by atoms with van der Waals surface area (Å²) in [6, 6.07) is 1.89. The van der Waals surface area contributed by atoms with E-state index in [0.29, 0.717) is 11.2 Å². The van der Waals surface area contributed by atoms with Crippen LogP contribution in [-0.4, -0.2) is 23.1 Å². The summed E-state index contributed by atoms with van der Waals surface area (Å²) in [6.45, 7) is 6.68. The molecule has 0 radical (unpaired) electrons.